The summed E-state index contributed by atoms with van der Waals surface area (Å²) in [7, 11) is 1.85. The lowest BCUT2D eigenvalue weighted by Crippen LogP contribution is -2.14. The molecule has 0 atom stereocenters. The Morgan fingerprint density at radius 1 is 1.33 bits per heavy atom. The van der Waals surface area contributed by atoms with Crippen LogP contribution in [0.1, 0.15) is 18.9 Å². The number of hydrogen-bond acceptors (Lipinski definition) is 2. The molecule has 0 aliphatic carbocycles. The lowest BCUT2D eigenvalue weighted by Gasteiger charge is -2.06. The standard InChI is InChI=1S/C14H18FN3/c1-3-7-16-10-12-5-4-11(9-13(12)15)14-6-8-18(2)17-14/h4-6,8-9,16H,3,7,10H2,1-2H3. The number of aromatic nitrogens is 2. The molecule has 0 unspecified atom stereocenters. The zero-order valence-corrected chi connectivity index (χ0v) is 10.8. The largest absolute Gasteiger partial charge is 0.313 e. The predicted octanol–water partition coefficient (Wildman–Crippen LogP) is 2.73. The number of benzene rings is 1. The Balaban J connectivity index is 2.14. The summed E-state index contributed by atoms with van der Waals surface area (Å²) in [6.45, 7) is 3.57. The molecule has 96 valence electrons. The molecule has 0 radical (unpaired) electrons. The Morgan fingerprint density at radius 2 is 2.17 bits per heavy atom. The fraction of sp³-hybridized carbons (Fsp3) is 0.357. The molecule has 4 heteroatoms. The SMILES string of the molecule is CCCNCc1ccc(-c2ccn(C)n2)cc1F. The minimum atomic E-state index is -0.179. The van der Waals surface area contributed by atoms with Crippen LogP contribution in [0.3, 0.4) is 0 Å². The Kier molecular flexibility index (Phi) is 4.10. The molecule has 0 saturated heterocycles. The third kappa shape index (κ3) is 2.96. The lowest BCUT2D eigenvalue weighted by molar-refractivity contribution is 0.587. The van der Waals surface area contributed by atoms with Gasteiger partial charge in [-0.25, -0.2) is 4.39 Å². The van der Waals surface area contributed by atoms with Crippen molar-refractivity contribution in [2.75, 3.05) is 6.54 Å². The molecule has 1 aromatic carbocycles. The zero-order chi connectivity index (χ0) is 13.0. The number of nitrogens with one attached hydrogen (secondary N) is 1. The molecule has 2 aromatic rings. The number of halogens is 1. The molecule has 1 heterocycles. The first-order valence-electron chi connectivity index (χ1n) is 6.20. The molecule has 0 bridgehead atoms. The Labute approximate surface area is 107 Å². The second-order valence-electron chi connectivity index (χ2n) is 4.36. The van der Waals surface area contributed by atoms with Gasteiger partial charge in [0.15, 0.2) is 0 Å². The van der Waals surface area contributed by atoms with Crippen LogP contribution in [0.25, 0.3) is 11.3 Å². The van der Waals surface area contributed by atoms with E-state index in [0.29, 0.717) is 12.1 Å². The van der Waals surface area contributed by atoms with Gasteiger partial charge in [0.05, 0.1) is 5.69 Å². The van der Waals surface area contributed by atoms with Crippen LogP contribution in [0.5, 0.6) is 0 Å². The van der Waals surface area contributed by atoms with E-state index in [1.54, 1.807) is 10.7 Å². The first kappa shape index (κ1) is 12.8. The molecule has 0 aliphatic rings. The van der Waals surface area contributed by atoms with E-state index in [0.717, 1.165) is 24.2 Å². The van der Waals surface area contributed by atoms with E-state index in [1.807, 2.05) is 31.4 Å². The fourth-order valence-corrected chi connectivity index (χ4v) is 1.82. The van der Waals surface area contributed by atoms with Crippen molar-refractivity contribution in [3.8, 4) is 11.3 Å². The average molecular weight is 247 g/mol. The highest BCUT2D eigenvalue weighted by Crippen LogP contribution is 2.20. The summed E-state index contributed by atoms with van der Waals surface area (Å²) in [6.07, 6.45) is 2.90. The van der Waals surface area contributed by atoms with E-state index in [2.05, 4.69) is 17.3 Å². The Hall–Kier alpha value is -1.68. The van der Waals surface area contributed by atoms with E-state index >= 15 is 0 Å². The Morgan fingerprint density at radius 3 is 2.78 bits per heavy atom. The summed E-state index contributed by atoms with van der Waals surface area (Å²) in [5.41, 5.74) is 2.31. The second-order valence-corrected chi connectivity index (χ2v) is 4.36. The van der Waals surface area contributed by atoms with Crippen molar-refractivity contribution >= 4 is 0 Å². The van der Waals surface area contributed by atoms with Crippen molar-refractivity contribution in [3.63, 3.8) is 0 Å². The quantitative estimate of drug-likeness (QED) is 0.823. The highest BCUT2D eigenvalue weighted by molar-refractivity contribution is 5.59. The topological polar surface area (TPSA) is 29.9 Å². The molecule has 0 fully saturated rings. The Bertz CT molecular complexity index is 520. The monoisotopic (exact) mass is 247 g/mol. The molecule has 0 aliphatic heterocycles. The highest BCUT2D eigenvalue weighted by Gasteiger charge is 2.06. The molecule has 2 rings (SSSR count). The van der Waals surface area contributed by atoms with E-state index in [9.17, 15) is 4.39 Å². The van der Waals surface area contributed by atoms with Gasteiger partial charge in [-0.1, -0.05) is 19.1 Å². The van der Waals surface area contributed by atoms with Crippen LogP contribution in [-0.2, 0) is 13.6 Å². The maximum Gasteiger partial charge on any atom is 0.128 e. The molecule has 3 nitrogen and oxygen atoms in total. The van der Waals surface area contributed by atoms with Crippen LogP contribution in [-0.4, -0.2) is 16.3 Å². The molecule has 0 amide bonds. The van der Waals surface area contributed by atoms with Crippen LogP contribution in [0.15, 0.2) is 30.5 Å². The molecule has 0 saturated carbocycles. The van der Waals surface area contributed by atoms with Gasteiger partial charge in [0.25, 0.3) is 0 Å². The van der Waals surface area contributed by atoms with Crippen LogP contribution in [0.4, 0.5) is 4.39 Å². The minimum Gasteiger partial charge on any atom is -0.313 e. The van der Waals surface area contributed by atoms with Crippen molar-refractivity contribution in [2.24, 2.45) is 7.05 Å². The predicted molar refractivity (Wildman–Crippen MR) is 70.6 cm³/mol. The van der Waals surface area contributed by atoms with Crippen molar-refractivity contribution < 1.29 is 4.39 Å². The number of aryl methyl sites for hydroxylation is 1. The van der Waals surface area contributed by atoms with Crippen LogP contribution in [0.2, 0.25) is 0 Å². The smallest absolute Gasteiger partial charge is 0.128 e. The fourth-order valence-electron chi connectivity index (χ4n) is 1.82. The normalized spacial score (nSPS) is 10.8. The molecule has 18 heavy (non-hydrogen) atoms. The van der Waals surface area contributed by atoms with E-state index in [4.69, 9.17) is 0 Å². The van der Waals surface area contributed by atoms with Gasteiger partial charge in [-0.2, -0.15) is 5.10 Å². The van der Waals surface area contributed by atoms with Gasteiger partial charge in [-0.05, 0) is 25.1 Å². The van der Waals surface area contributed by atoms with Gasteiger partial charge in [0.2, 0.25) is 0 Å². The van der Waals surface area contributed by atoms with Gasteiger partial charge in [-0.3, -0.25) is 4.68 Å². The van der Waals surface area contributed by atoms with Gasteiger partial charge in [0, 0.05) is 30.9 Å². The van der Waals surface area contributed by atoms with Gasteiger partial charge >= 0.3 is 0 Å². The molecular weight excluding hydrogens is 229 g/mol. The summed E-state index contributed by atoms with van der Waals surface area (Å²) >= 11 is 0. The van der Waals surface area contributed by atoms with E-state index in [1.165, 1.54) is 0 Å². The average Bonchev–Trinajstić information content (AvgIpc) is 2.78. The minimum absolute atomic E-state index is 0.179. The van der Waals surface area contributed by atoms with Crippen LogP contribution in [0, 0.1) is 5.82 Å². The number of hydrogen-bond donors (Lipinski definition) is 1. The molecule has 1 N–H and O–H groups in total. The molecule has 1 aromatic heterocycles. The van der Waals surface area contributed by atoms with Crippen LogP contribution >= 0.6 is 0 Å². The summed E-state index contributed by atoms with van der Waals surface area (Å²) in [4.78, 5) is 0. The van der Waals surface area contributed by atoms with Crippen LogP contribution < -0.4 is 5.32 Å². The van der Waals surface area contributed by atoms with Gasteiger partial charge in [-0.15, -0.1) is 0 Å². The van der Waals surface area contributed by atoms with Crippen molar-refractivity contribution in [1.82, 2.24) is 15.1 Å². The summed E-state index contributed by atoms with van der Waals surface area (Å²) in [5.74, 6) is -0.179. The van der Waals surface area contributed by atoms with Gasteiger partial charge in [0.1, 0.15) is 5.82 Å². The maximum atomic E-state index is 13.9. The first-order valence-corrected chi connectivity index (χ1v) is 6.20. The third-order valence-corrected chi connectivity index (χ3v) is 2.80. The zero-order valence-electron chi connectivity index (χ0n) is 10.8. The number of rotatable bonds is 5. The lowest BCUT2D eigenvalue weighted by atomic mass is 10.1. The molecular formula is C14H18FN3. The van der Waals surface area contributed by atoms with Gasteiger partial charge < -0.3 is 5.32 Å². The van der Waals surface area contributed by atoms with Crippen molar-refractivity contribution in [1.29, 1.82) is 0 Å². The van der Waals surface area contributed by atoms with Crippen molar-refractivity contribution in [2.45, 2.75) is 19.9 Å². The maximum absolute atomic E-state index is 13.9. The highest BCUT2D eigenvalue weighted by atomic mass is 19.1. The third-order valence-electron chi connectivity index (χ3n) is 2.80. The summed E-state index contributed by atoms with van der Waals surface area (Å²) < 4.78 is 15.6. The summed E-state index contributed by atoms with van der Waals surface area (Å²) in [5, 5.41) is 7.46. The molecule has 0 spiro atoms. The number of nitrogens with zero attached hydrogens (tertiary/aromatic N) is 2. The second kappa shape index (κ2) is 5.78. The van der Waals surface area contributed by atoms with E-state index < -0.39 is 0 Å². The first-order chi connectivity index (χ1) is 8.70. The van der Waals surface area contributed by atoms with Crippen molar-refractivity contribution in [3.05, 3.63) is 41.8 Å². The van der Waals surface area contributed by atoms with E-state index in [-0.39, 0.29) is 5.82 Å². The summed E-state index contributed by atoms with van der Waals surface area (Å²) in [6, 6.07) is 7.16.